The van der Waals surface area contributed by atoms with Gasteiger partial charge in [0.25, 0.3) is 17.5 Å². The summed E-state index contributed by atoms with van der Waals surface area (Å²) in [4.78, 5) is 35.4. The Bertz CT molecular complexity index is 1250. The molecule has 8 nitrogen and oxygen atoms in total. The smallest absolute Gasteiger partial charge is 0.282 e. The highest BCUT2D eigenvalue weighted by Crippen LogP contribution is 2.36. The minimum absolute atomic E-state index is 0.0245. The van der Waals surface area contributed by atoms with Crippen molar-refractivity contribution in [1.82, 2.24) is 5.43 Å². The van der Waals surface area contributed by atoms with Crippen molar-refractivity contribution in [3.8, 4) is 5.75 Å². The summed E-state index contributed by atoms with van der Waals surface area (Å²) >= 11 is 12.7. The first-order valence-electron chi connectivity index (χ1n) is 9.61. The number of para-hydroxylation sites is 1. The lowest BCUT2D eigenvalue weighted by Gasteiger charge is -2.14. The summed E-state index contributed by atoms with van der Waals surface area (Å²) in [7, 11) is 0. The second-order valence-corrected chi connectivity index (χ2v) is 7.82. The molecule has 1 fully saturated rings. The highest BCUT2D eigenvalue weighted by Gasteiger charge is 2.34. The number of halogens is 2. The lowest BCUT2D eigenvalue weighted by molar-refractivity contribution is -0.384. The Morgan fingerprint density at radius 1 is 1.00 bits per heavy atom. The van der Waals surface area contributed by atoms with Gasteiger partial charge < -0.3 is 4.74 Å². The standard InChI is InChI=1S/C23H15Cl2N3O5/c24-19-11-15(10-18-22(29)26-27(23(18)30)16-4-2-1-3-5-16)12-20(25)21(19)33-13-14-6-8-17(9-7-14)28(31)32/h1-12H,13H2,(H,26,29)/b18-10-. The quantitative estimate of drug-likeness (QED) is 0.231. The fourth-order valence-electron chi connectivity index (χ4n) is 3.15. The van der Waals surface area contributed by atoms with E-state index in [4.69, 9.17) is 27.9 Å². The Kier molecular flexibility index (Phi) is 6.30. The third-order valence-corrected chi connectivity index (χ3v) is 5.33. The molecule has 0 bridgehead atoms. The first kappa shape index (κ1) is 22.3. The Morgan fingerprint density at radius 2 is 1.64 bits per heavy atom. The minimum Gasteiger partial charge on any atom is -0.486 e. The van der Waals surface area contributed by atoms with Crippen molar-refractivity contribution in [1.29, 1.82) is 0 Å². The van der Waals surface area contributed by atoms with Crippen molar-refractivity contribution in [2.24, 2.45) is 0 Å². The monoisotopic (exact) mass is 483 g/mol. The average molecular weight is 484 g/mol. The molecule has 0 aliphatic carbocycles. The van der Waals surface area contributed by atoms with Gasteiger partial charge in [0.1, 0.15) is 12.2 Å². The summed E-state index contributed by atoms with van der Waals surface area (Å²) in [5, 5.41) is 12.3. The van der Waals surface area contributed by atoms with Crippen molar-refractivity contribution in [2.75, 3.05) is 5.01 Å². The second kappa shape index (κ2) is 9.32. The third kappa shape index (κ3) is 4.82. The molecule has 33 heavy (non-hydrogen) atoms. The van der Waals surface area contributed by atoms with Crippen LogP contribution in [0.5, 0.6) is 5.75 Å². The normalized spacial score (nSPS) is 14.5. The molecule has 0 aromatic heterocycles. The van der Waals surface area contributed by atoms with Gasteiger partial charge in [-0.15, -0.1) is 0 Å². The van der Waals surface area contributed by atoms with Crippen LogP contribution in [-0.2, 0) is 16.2 Å². The fraction of sp³-hybridized carbons (Fsp3) is 0.0435. The summed E-state index contributed by atoms with van der Waals surface area (Å²) < 4.78 is 5.69. The summed E-state index contributed by atoms with van der Waals surface area (Å²) in [6, 6.07) is 17.7. The van der Waals surface area contributed by atoms with Crippen LogP contribution in [0.1, 0.15) is 11.1 Å². The Hall–Kier alpha value is -3.88. The molecule has 0 atom stereocenters. The number of hydrogen-bond acceptors (Lipinski definition) is 5. The zero-order chi connectivity index (χ0) is 23.5. The van der Waals surface area contributed by atoms with Crippen LogP contribution in [0.25, 0.3) is 6.08 Å². The molecule has 4 rings (SSSR count). The maximum atomic E-state index is 12.7. The van der Waals surface area contributed by atoms with E-state index in [1.54, 1.807) is 42.5 Å². The second-order valence-electron chi connectivity index (χ2n) is 7.00. The zero-order valence-corrected chi connectivity index (χ0v) is 18.3. The number of nitro groups is 1. The molecule has 3 aromatic carbocycles. The van der Waals surface area contributed by atoms with Crippen molar-refractivity contribution in [3.05, 3.63) is 104 Å². The van der Waals surface area contributed by atoms with Gasteiger partial charge in [-0.05, 0) is 53.6 Å². The molecule has 0 saturated carbocycles. The number of nitrogens with zero attached hydrogens (tertiary/aromatic N) is 2. The van der Waals surface area contributed by atoms with Gasteiger partial charge >= 0.3 is 0 Å². The van der Waals surface area contributed by atoms with Gasteiger partial charge in [-0.1, -0.05) is 41.4 Å². The molecular formula is C23H15Cl2N3O5. The molecular weight excluding hydrogens is 469 g/mol. The van der Waals surface area contributed by atoms with Crippen LogP contribution >= 0.6 is 23.2 Å². The lowest BCUT2D eigenvalue weighted by Crippen LogP contribution is -2.35. The van der Waals surface area contributed by atoms with Gasteiger partial charge in [0.2, 0.25) is 0 Å². The summed E-state index contributed by atoms with van der Waals surface area (Å²) in [5.74, 6) is -0.835. The molecule has 1 aliphatic heterocycles. The van der Waals surface area contributed by atoms with Gasteiger partial charge in [-0.3, -0.25) is 25.1 Å². The first-order valence-corrected chi connectivity index (χ1v) is 10.4. The molecule has 0 spiro atoms. The summed E-state index contributed by atoms with van der Waals surface area (Å²) in [6.45, 7) is 0.0881. The number of hydrazine groups is 1. The molecule has 1 heterocycles. The van der Waals surface area contributed by atoms with Crippen LogP contribution in [-0.4, -0.2) is 16.7 Å². The van der Waals surface area contributed by atoms with E-state index in [0.29, 0.717) is 16.8 Å². The van der Waals surface area contributed by atoms with Gasteiger partial charge in [0, 0.05) is 12.1 Å². The van der Waals surface area contributed by atoms with E-state index in [-0.39, 0.29) is 33.7 Å². The Labute approximate surface area is 198 Å². The zero-order valence-electron chi connectivity index (χ0n) is 16.8. The largest absolute Gasteiger partial charge is 0.486 e. The topological polar surface area (TPSA) is 102 Å². The van der Waals surface area contributed by atoms with Crippen LogP contribution in [0, 0.1) is 10.1 Å². The highest BCUT2D eigenvalue weighted by atomic mass is 35.5. The van der Waals surface area contributed by atoms with E-state index in [1.165, 1.54) is 35.4 Å². The number of nitro benzene ring substituents is 1. The fourth-order valence-corrected chi connectivity index (χ4v) is 3.77. The SMILES string of the molecule is O=C1NN(c2ccccc2)C(=O)/C1=C\c1cc(Cl)c(OCc2ccc([N+](=O)[O-])cc2)c(Cl)c1. The Balaban J connectivity index is 1.52. The number of non-ortho nitro benzene ring substituents is 1. The maximum absolute atomic E-state index is 12.7. The van der Waals surface area contributed by atoms with Crippen LogP contribution in [0.15, 0.2) is 72.3 Å². The van der Waals surface area contributed by atoms with Gasteiger partial charge in [-0.25, -0.2) is 5.01 Å². The van der Waals surface area contributed by atoms with Gasteiger partial charge in [-0.2, -0.15) is 0 Å². The van der Waals surface area contributed by atoms with Crippen molar-refractivity contribution in [3.63, 3.8) is 0 Å². The third-order valence-electron chi connectivity index (χ3n) is 4.77. The van der Waals surface area contributed by atoms with E-state index in [0.717, 1.165) is 0 Å². The van der Waals surface area contributed by atoms with Crippen LogP contribution in [0.3, 0.4) is 0 Å². The van der Waals surface area contributed by atoms with Crippen molar-refractivity contribution >= 4 is 52.5 Å². The number of carbonyl (C=O) groups is 2. The molecule has 10 heteroatoms. The molecule has 1 aliphatic rings. The van der Waals surface area contributed by atoms with E-state index < -0.39 is 16.7 Å². The Morgan fingerprint density at radius 3 is 2.24 bits per heavy atom. The maximum Gasteiger partial charge on any atom is 0.282 e. The number of nitrogens with one attached hydrogen (secondary N) is 1. The van der Waals surface area contributed by atoms with Crippen molar-refractivity contribution < 1.29 is 19.2 Å². The van der Waals surface area contributed by atoms with E-state index in [2.05, 4.69) is 5.43 Å². The predicted molar refractivity (Wildman–Crippen MR) is 124 cm³/mol. The predicted octanol–water partition coefficient (Wildman–Crippen LogP) is 4.94. The number of carbonyl (C=O) groups excluding carboxylic acids is 2. The van der Waals surface area contributed by atoms with E-state index in [9.17, 15) is 19.7 Å². The van der Waals surface area contributed by atoms with E-state index in [1.807, 2.05) is 0 Å². The molecule has 1 N–H and O–H groups in total. The highest BCUT2D eigenvalue weighted by molar-refractivity contribution is 6.37. The lowest BCUT2D eigenvalue weighted by atomic mass is 10.1. The molecule has 1 saturated heterocycles. The molecule has 166 valence electrons. The van der Waals surface area contributed by atoms with Gasteiger partial charge in [0.15, 0.2) is 5.75 Å². The number of rotatable bonds is 6. The number of amides is 2. The summed E-state index contributed by atoms with van der Waals surface area (Å²) in [6.07, 6.45) is 1.40. The van der Waals surface area contributed by atoms with Crippen LogP contribution in [0.2, 0.25) is 10.0 Å². The van der Waals surface area contributed by atoms with E-state index >= 15 is 0 Å². The number of anilines is 1. The van der Waals surface area contributed by atoms with Crippen LogP contribution in [0.4, 0.5) is 11.4 Å². The first-order chi connectivity index (χ1) is 15.8. The molecule has 3 aromatic rings. The minimum atomic E-state index is -0.547. The van der Waals surface area contributed by atoms with Gasteiger partial charge in [0.05, 0.1) is 20.7 Å². The summed E-state index contributed by atoms with van der Waals surface area (Å²) in [5.41, 5.74) is 4.10. The van der Waals surface area contributed by atoms with Crippen LogP contribution < -0.4 is 15.2 Å². The number of hydrogen-bond donors (Lipinski definition) is 1. The number of benzene rings is 3. The molecule has 0 radical (unpaired) electrons. The molecule has 0 unspecified atom stereocenters. The average Bonchev–Trinajstić information content (AvgIpc) is 3.08. The number of ether oxygens (including phenoxy) is 1. The molecule has 2 amide bonds. The van der Waals surface area contributed by atoms with Crippen molar-refractivity contribution in [2.45, 2.75) is 6.61 Å².